The van der Waals surface area contributed by atoms with Crippen molar-refractivity contribution < 1.29 is 0 Å². The van der Waals surface area contributed by atoms with Crippen molar-refractivity contribution in [3.05, 3.63) is 59.9 Å². The van der Waals surface area contributed by atoms with Crippen LogP contribution in [-0.4, -0.2) is 9.38 Å². The molecule has 0 radical (unpaired) electrons. The van der Waals surface area contributed by atoms with Crippen LogP contribution in [0.25, 0.3) is 16.9 Å². The van der Waals surface area contributed by atoms with Gasteiger partial charge in [-0.2, -0.15) is 0 Å². The molecule has 0 amide bonds. The highest BCUT2D eigenvalue weighted by atomic mass is 15.0. The molecular weight excluding hydrogens is 208 g/mol. The van der Waals surface area contributed by atoms with Crippen molar-refractivity contribution in [3.63, 3.8) is 0 Å². The van der Waals surface area contributed by atoms with Crippen LogP contribution < -0.4 is 0 Å². The molecule has 0 aliphatic rings. The second-order valence-corrected chi connectivity index (χ2v) is 4.27. The summed E-state index contributed by atoms with van der Waals surface area (Å²) in [7, 11) is 0. The smallest absolute Gasteiger partial charge is 0.137 e. The second-order valence-electron chi connectivity index (χ2n) is 4.27. The molecule has 0 bridgehead atoms. The zero-order valence-corrected chi connectivity index (χ0v) is 10.0. The van der Waals surface area contributed by atoms with Gasteiger partial charge in [0.05, 0.1) is 5.69 Å². The zero-order chi connectivity index (χ0) is 11.8. The number of nitrogens with zero attached hydrogens (tertiary/aromatic N) is 2. The summed E-state index contributed by atoms with van der Waals surface area (Å²) in [5, 5.41) is 0. The quantitative estimate of drug-likeness (QED) is 0.614. The van der Waals surface area contributed by atoms with E-state index in [4.69, 9.17) is 4.98 Å². The van der Waals surface area contributed by atoms with Gasteiger partial charge in [-0.3, -0.25) is 0 Å². The largest absolute Gasteiger partial charge is 0.301 e. The molecule has 0 spiro atoms. The monoisotopic (exact) mass is 222 g/mol. The van der Waals surface area contributed by atoms with Crippen molar-refractivity contribution in [1.29, 1.82) is 0 Å². The maximum absolute atomic E-state index is 4.71. The molecule has 0 atom stereocenters. The summed E-state index contributed by atoms with van der Waals surface area (Å²) in [6, 6.07) is 16.5. The predicted molar refractivity (Wildman–Crippen MR) is 70.1 cm³/mol. The average Bonchev–Trinajstić information content (AvgIpc) is 2.69. The summed E-state index contributed by atoms with van der Waals surface area (Å²) in [5.41, 5.74) is 5.67. The van der Waals surface area contributed by atoms with Crippen molar-refractivity contribution >= 4 is 5.65 Å². The number of aromatic nitrogens is 2. The van der Waals surface area contributed by atoms with Gasteiger partial charge in [0.1, 0.15) is 5.65 Å². The lowest BCUT2D eigenvalue weighted by Gasteiger charge is -2.02. The van der Waals surface area contributed by atoms with E-state index < -0.39 is 0 Å². The first-order chi connectivity index (χ1) is 8.27. The number of aryl methyl sites for hydroxylation is 2. The van der Waals surface area contributed by atoms with Gasteiger partial charge in [0.25, 0.3) is 0 Å². The Labute approximate surface area is 101 Å². The molecule has 84 valence electrons. The van der Waals surface area contributed by atoms with E-state index in [1.807, 2.05) is 30.3 Å². The number of hydrogen-bond donors (Lipinski definition) is 0. The second kappa shape index (κ2) is 3.74. The van der Waals surface area contributed by atoms with Gasteiger partial charge in [-0.25, -0.2) is 4.98 Å². The molecular formula is C15H14N2. The first-order valence-corrected chi connectivity index (χ1v) is 5.77. The molecule has 0 aliphatic carbocycles. The molecule has 2 heteroatoms. The first kappa shape index (κ1) is 10.1. The minimum absolute atomic E-state index is 1.02. The highest BCUT2D eigenvalue weighted by Gasteiger charge is 2.10. The SMILES string of the molecule is Cc1cccc2nc(-c3ccccc3)c(C)n12. The fraction of sp³-hybridized carbons (Fsp3) is 0.133. The molecule has 17 heavy (non-hydrogen) atoms. The maximum atomic E-state index is 4.71. The van der Waals surface area contributed by atoms with Crippen LogP contribution in [0.2, 0.25) is 0 Å². The van der Waals surface area contributed by atoms with E-state index in [2.05, 4.69) is 36.4 Å². The van der Waals surface area contributed by atoms with Crippen LogP contribution in [0.4, 0.5) is 0 Å². The summed E-state index contributed by atoms with van der Waals surface area (Å²) >= 11 is 0. The topological polar surface area (TPSA) is 17.3 Å². The van der Waals surface area contributed by atoms with Crippen LogP contribution >= 0.6 is 0 Å². The lowest BCUT2D eigenvalue weighted by Crippen LogP contribution is -1.92. The Morgan fingerprint density at radius 3 is 2.35 bits per heavy atom. The van der Waals surface area contributed by atoms with Crippen molar-refractivity contribution in [2.24, 2.45) is 0 Å². The Bertz CT molecular complexity index is 666. The van der Waals surface area contributed by atoms with Gasteiger partial charge in [-0.1, -0.05) is 36.4 Å². The van der Waals surface area contributed by atoms with Crippen LogP contribution in [0.1, 0.15) is 11.4 Å². The van der Waals surface area contributed by atoms with E-state index in [-0.39, 0.29) is 0 Å². The number of rotatable bonds is 1. The highest BCUT2D eigenvalue weighted by molar-refractivity contribution is 5.66. The number of benzene rings is 1. The van der Waals surface area contributed by atoms with Gasteiger partial charge in [-0.15, -0.1) is 0 Å². The zero-order valence-electron chi connectivity index (χ0n) is 10.0. The molecule has 0 fully saturated rings. The van der Waals surface area contributed by atoms with E-state index in [1.54, 1.807) is 0 Å². The van der Waals surface area contributed by atoms with Crippen LogP contribution in [0.15, 0.2) is 48.5 Å². The number of imidazole rings is 1. The molecule has 3 rings (SSSR count). The standard InChI is InChI=1S/C15H14N2/c1-11-7-6-10-14-16-15(12(2)17(11)14)13-8-4-3-5-9-13/h3-10H,1-2H3. The fourth-order valence-corrected chi connectivity index (χ4v) is 2.30. The number of fused-ring (bicyclic) bond motifs is 1. The van der Waals surface area contributed by atoms with E-state index in [0.29, 0.717) is 0 Å². The molecule has 2 heterocycles. The first-order valence-electron chi connectivity index (χ1n) is 5.77. The maximum Gasteiger partial charge on any atom is 0.137 e. The van der Waals surface area contributed by atoms with Crippen LogP contribution in [0.5, 0.6) is 0 Å². The summed E-state index contributed by atoms with van der Waals surface area (Å²) in [6.45, 7) is 4.23. The molecule has 1 aromatic carbocycles. The van der Waals surface area contributed by atoms with Gasteiger partial charge in [-0.05, 0) is 26.0 Å². The van der Waals surface area contributed by atoms with Crippen LogP contribution in [0.3, 0.4) is 0 Å². The summed E-state index contributed by atoms with van der Waals surface area (Å²) in [4.78, 5) is 4.71. The van der Waals surface area contributed by atoms with Gasteiger partial charge in [0, 0.05) is 17.0 Å². The van der Waals surface area contributed by atoms with Crippen molar-refractivity contribution in [3.8, 4) is 11.3 Å². The molecule has 0 aliphatic heterocycles. The summed E-state index contributed by atoms with van der Waals surface area (Å²) in [6.07, 6.45) is 0. The van der Waals surface area contributed by atoms with E-state index in [0.717, 1.165) is 11.3 Å². The van der Waals surface area contributed by atoms with Crippen LogP contribution in [-0.2, 0) is 0 Å². The van der Waals surface area contributed by atoms with E-state index in [9.17, 15) is 0 Å². The molecule has 0 N–H and O–H groups in total. The van der Waals surface area contributed by atoms with Gasteiger partial charge in [0.2, 0.25) is 0 Å². The molecule has 0 saturated heterocycles. The van der Waals surface area contributed by atoms with Crippen LogP contribution in [0, 0.1) is 13.8 Å². The molecule has 2 nitrogen and oxygen atoms in total. The van der Waals surface area contributed by atoms with Gasteiger partial charge < -0.3 is 4.40 Å². The summed E-state index contributed by atoms with van der Waals surface area (Å²) in [5.74, 6) is 0. The normalized spacial score (nSPS) is 10.9. The molecule has 2 aromatic heterocycles. The minimum atomic E-state index is 1.02. The fourth-order valence-electron chi connectivity index (χ4n) is 2.30. The summed E-state index contributed by atoms with van der Waals surface area (Å²) < 4.78 is 2.20. The van der Waals surface area contributed by atoms with Gasteiger partial charge >= 0.3 is 0 Å². The molecule has 3 aromatic rings. The Morgan fingerprint density at radius 1 is 0.882 bits per heavy atom. The Hall–Kier alpha value is -2.09. The lowest BCUT2D eigenvalue weighted by molar-refractivity contribution is 1.04. The highest BCUT2D eigenvalue weighted by Crippen LogP contribution is 2.24. The van der Waals surface area contributed by atoms with E-state index in [1.165, 1.54) is 17.0 Å². The third-order valence-electron chi connectivity index (χ3n) is 3.12. The van der Waals surface area contributed by atoms with E-state index >= 15 is 0 Å². The third-order valence-corrected chi connectivity index (χ3v) is 3.12. The Morgan fingerprint density at radius 2 is 1.65 bits per heavy atom. The Balaban J connectivity index is 2.33. The van der Waals surface area contributed by atoms with Gasteiger partial charge in [0.15, 0.2) is 0 Å². The van der Waals surface area contributed by atoms with Crippen molar-refractivity contribution in [2.45, 2.75) is 13.8 Å². The number of pyridine rings is 1. The Kier molecular flexibility index (Phi) is 2.22. The van der Waals surface area contributed by atoms with Crippen molar-refractivity contribution in [2.75, 3.05) is 0 Å². The average molecular weight is 222 g/mol. The molecule has 0 saturated carbocycles. The lowest BCUT2D eigenvalue weighted by atomic mass is 10.1. The van der Waals surface area contributed by atoms with Crippen molar-refractivity contribution in [1.82, 2.24) is 9.38 Å². The predicted octanol–water partition coefficient (Wildman–Crippen LogP) is 3.62. The number of hydrogen-bond acceptors (Lipinski definition) is 1. The third kappa shape index (κ3) is 1.53. The minimum Gasteiger partial charge on any atom is -0.301 e. The molecule has 0 unspecified atom stereocenters.